The summed E-state index contributed by atoms with van der Waals surface area (Å²) in [6, 6.07) is 4.29. The number of methoxy groups -OCH3 is 1. The number of nitro groups is 1. The molecule has 0 aliphatic rings. The van der Waals surface area contributed by atoms with Crippen molar-refractivity contribution in [3.63, 3.8) is 0 Å². The number of nitrogens with zero attached hydrogens (tertiary/aromatic N) is 1. The van der Waals surface area contributed by atoms with Crippen LogP contribution in [0.3, 0.4) is 0 Å². The molecule has 0 bridgehead atoms. The van der Waals surface area contributed by atoms with E-state index in [1.807, 2.05) is 14.0 Å². The number of ether oxygens (including phenoxy) is 2. The Bertz CT molecular complexity index is 395. The number of hydrogen-bond acceptors (Lipinski definition) is 5. The van der Waals surface area contributed by atoms with Crippen LogP contribution in [0, 0.1) is 10.1 Å². The van der Waals surface area contributed by atoms with Gasteiger partial charge in [0.05, 0.1) is 18.1 Å². The minimum Gasteiger partial charge on any atom is -0.493 e. The van der Waals surface area contributed by atoms with E-state index in [1.165, 1.54) is 19.2 Å². The van der Waals surface area contributed by atoms with Crippen LogP contribution in [0.5, 0.6) is 11.5 Å². The topological polar surface area (TPSA) is 73.6 Å². The average molecular weight is 240 g/mol. The fourth-order valence-electron chi connectivity index (χ4n) is 1.41. The first-order valence-corrected chi connectivity index (χ1v) is 5.22. The molecular formula is C11H16N2O4. The summed E-state index contributed by atoms with van der Waals surface area (Å²) in [5.41, 5.74) is -0.0181. The monoisotopic (exact) mass is 240 g/mol. The second kappa shape index (κ2) is 6.05. The smallest absolute Gasteiger partial charge is 0.273 e. The molecule has 6 heteroatoms. The number of benzene rings is 1. The van der Waals surface area contributed by atoms with Gasteiger partial charge >= 0.3 is 0 Å². The summed E-state index contributed by atoms with van der Waals surface area (Å²) in [7, 11) is 3.28. The van der Waals surface area contributed by atoms with Crippen LogP contribution in [-0.4, -0.2) is 31.7 Å². The molecule has 1 unspecified atom stereocenters. The van der Waals surface area contributed by atoms with Crippen LogP contribution < -0.4 is 14.8 Å². The second-order valence-electron chi connectivity index (χ2n) is 3.58. The molecule has 1 rings (SSSR count). The molecule has 0 saturated carbocycles. The molecule has 0 radical (unpaired) electrons. The van der Waals surface area contributed by atoms with E-state index in [9.17, 15) is 10.1 Å². The lowest BCUT2D eigenvalue weighted by Gasteiger charge is -2.16. The predicted molar refractivity (Wildman–Crippen MR) is 63.7 cm³/mol. The molecule has 0 spiro atoms. The Morgan fingerprint density at radius 3 is 2.71 bits per heavy atom. The van der Waals surface area contributed by atoms with Crippen molar-refractivity contribution in [2.75, 3.05) is 20.7 Å². The van der Waals surface area contributed by atoms with Gasteiger partial charge in [-0.05, 0) is 20.0 Å². The van der Waals surface area contributed by atoms with Crippen molar-refractivity contribution in [3.05, 3.63) is 28.3 Å². The van der Waals surface area contributed by atoms with E-state index in [0.29, 0.717) is 18.0 Å². The number of likely N-dealkylation sites (N-methyl/N-ethyl adjacent to an activating group) is 1. The summed E-state index contributed by atoms with van der Waals surface area (Å²) < 4.78 is 10.7. The Morgan fingerprint density at radius 1 is 1.47 bits per heavy atom. The minimum absolute atomic E-state index is 0.0181. The van der Waals surface area contributed by atoms with Crippen LogP contribution in [0.1, 0.15) is 6.92 Å². The van der Waals surface area contributed by atoms with Gasteiger partial charge in [-0.3, -0.25) is 10.1 Å². The highest BCUT2D eigenvalue weighted by Gasteiger charge is 2.14. The van der Waals surface area contributed by atoms with Crippen molar-refractivity contribution < 1.29 is 14.4 Å². The van der Waals surface area contributed by atoms with Crippen molar-refractivity contribution >= 4 is 5.69 Å². The molecule has 94 valence electrons. The maximum Gasteiger partial charge on any atom is 0.273 e. The summed E-state index contributed by atoms with van der Waals surface area (Å²) in [6.07, 6.45) is -0.0460. The molecular weight excluding hydrogens is 224 g/mol. The van der Waals surface area contributed by atoms with Gasteiger partial charge in [0.25, 0.3) is 5.69 Å². The fraction of sp³-hybridized carbons (Fsp3) is 0.455. The molecule has 1 atom stereocenters. The maximum atomic E-state index is 10.6. The first-order valence-electron chi connectivity index (χ1n) is 5.22. The van der Waals surface area contributed by atoms with Gasteiger partial charge in [-0.25, -0.2) is 0 Å². The third-order valence-corrected chi connectivity index (χ3v) is 2.18. The second-order valence-corrected chi connectivity index (χ2v) is 3.58. The van der Waals surface area contributed by atoms with E-state index in [2.05, 4.69) is 5.32 Å². The van der Waals surface area contributed by atoms with Gasteiger partial charge in [-0.15, -0.1) is 0 Å². The van der Waals surface area contributed by atoms with Crippen LogP contribution >= 0.6 is 0 Å². The highest BCUT2D eigenvalue weighted by atomic mass is 16.6. The lowest BCUT2D eigenvalue weighted by Crippen LogP contribution is -2.26. The number of non-ortho nitro benzene ring substituents is 1. The molecule has 0 amide bonds. The van der Waals surface area contributed by atoms with Crippen LogP contribution in [-0.2, 0) is 0 Å². The van der Waals surface area contributed by atoms with Crippen LogP contribution in [0.2, 0.25) is 0 Å². The van der Waals surface area contributed by atoms with E-state index in [1.54, 1.807) is 6.07 Å². The highest BCUT2D eigenvalue weighted by Crippen LogP contribution is 2.31. The van der Waals surface area contributed by atoms with Crippen LogP contribution in [0.25, 0.3) is 0 Å². The number of nitro benzene ring substituents is 1. The zero-order valence-corrected chi connectivity index (χ0v) is 10.1. The molecule has 1 N–H and O–H groups in total. The first kappa shape index (κ1) is 13.2. The van der Waals surface area contributed by atoms with Gasteiger partial charge in [0.15, 0.2) is 11.5 Å². The van der Waals surface area contributed by atoms with Gasteiger partial charge in [0, 0.05) is 12.6 Å². The molecule has 1 aromatic carbocycles. The molecule has 0 aliphatic carbocycles. The van der Waals surface area contributed by atoms with Crippen molar-refractivity contribution in [3.8, 4) is 11.5 Å². The largest absolute Gasteiger partial charge is 0.493 e. The zero-order valence-electron chi connectivity index (χ0n) is 10.1. The van der Waals surface area contributed by atoms with Crippen molar-refractivity contribution in [2.24, 2.45) is 0 Å². The Hall–Kier alpha value is -1.82. The quantitative estimate of drug-likeness (QED) is 0.603. The molecule has 0 aromatic heterocycles. The molecule has 0 aliphatic heterocycles. The fourth-order valence-corrected chi connectivity index (χ4v) is 1.41. The molecule has 17 heavy (non-hydrogen) atoms. The summed E-state index contributed by atoms with van der Waals surface area (Å²) in [5.74, 6) is 0.864. The van der Waals surface area contributed by atoms with Gasteiger partial charge < -0.3 is 14.8 Å². The summed E-state index contributed by atoms with van der Waals surface area (Å²) in [4.78, 5) is 10.1. The first-order chi connectivity index (χ1) is 8.08. The van der Waals surface area contributed by atoms with Gasteiger partial charge in [-0.2, -0.15) is 0 Å². The molecule has 0 saturated heterocycles. The van der Waals surface area contributed by atoms with Gasteiger partial charge in [-0.1, -0.05) is 0 Å². The number of hydrogen-bond donors (Lipinski definition) is 1. The molecule has 6 nitrogen and oxygen atoms in total. The number of rotatable bonds is 6. The van der Waals surface area contributed by atoms with Crippen LogP contribution in [0.15, 0.2) is 18.2 Å². The van der Waals surface area contributed by atoms with Gasteiger partial charge in [0.2, 0.25) is 0 Å². The molecule has 1 aromatic rings. The lowest BCUT2D eigenvalue weighted by molar-refractivity contribution is -0.385. The lowest BCUT2D eigenvalue weighted by atomic mass is 10.2. The van der Waals surface area contributed by atoms with E-state index < -0.39 is 4.92 Å². The van der Waals surface area contributed by atoms with E-state index in [4.69, 9.17) is 9.47 Å². The SMILES string of the molecule is CNCC(C)Oc1ccc([N+](=O)[O-])cc1OC. The Morgan fingerprint density at radius 2 is 2.18 bits per heavy atom. The van der Waals surface area contributed by atoms with Crippen LogP contribution in [0.4, 0.5) is 5.69 Å². The predicted octanol–water partition coefficient (Wildman–Crippen LogP) is 1.59. The zero-order chi connectivity index (χ0) is 12.8. The average Bonchev–Trinajstić information content (AvgIpc) is 2.29. The normalized spacial score (nSPS) is 11.9. The Balaban J connectivity index is 2.88. The number of nitrogens with one attached hydrogen (secondary N) is 1. The van der Waals surface area contributed by atoms with Crippen molar-refractivity contribution in [1.82, 2.24) is 5.32 Å². The third kappa shape index (κ3) is 3.60. The Labute approximate surface area is 99.7 Å². The van der Waals surface area contributed by atoms with Gasteiger partial charge in [0.1, 0.15) is 6.10 Å². The third-order valence-electron chi connectivity index (χ3n) is 2.18. The van der Waals surface area contributed by atoms with E-state index in [-0.39, 0.29) is 11.8 Å². The van der Waals surface area contributed by atoms with Crippen molar-refractivity contribution in [1.29, 1.82) is 0 Å². The standard InChI is InChI=1S/C11H16N2O4/c1-8(7-12-2)17-10-5-4-9(13(14)15)6-11(10)16-3/h4-6,8,12H,7H2,1-3H3. The van der Waals surface area contributed by atoms with E-state index >= 15 is 0 Å². The van der Waals surface area contributed by atoms with E-state index in [0.717, 1.165) is 0 Å². The summed E-state index contributed by atoms with van der Waals surface area (Å²) >= 11 is 0. The summed E-state index contributed by atoms with van der Waals surface area (Å²) in [5, 5.41) is 13.6. The highest BCUT2D eigenvalue weighted by molar-refractivity contribution is 5.48. The van der Waals surface area contributed by atoms with Crippen molar-refractivity contribution in [2.45, 2.75) is 13.0 Å². The summed E-state index contributed by atoms with van der Waals surface area (Å²) in [6.45, 7) is 2.58. The maximum absolute atomic E-state index is 10.6. The molecule has 0 fully saturated rings. The Kier molecular flexibility index (Phi) is 4.71. The molecule has 0 heterocycles. The minimum atomic E-state index is -0.469.